The van der Waals surface area contributed by atoms with Gasteiger partial charge in [-0.05, 0) is 31.4 Å². The van der Waals surface area contributed by atoms with Crippen molar-refractivity contribution in [2.45, 2.75) is 33.7 Å². The fourth-order valence-corrected chi connectivity index (χ4v) is 1.69. The fraction of sp³-hybridized carbons (Fsp3) is 0.600. The second-order valence-corrected chi connectivity index (χ2v) is 5.24. The van der Waals surface area contributed by atoms with E-state index >= 15 is 0 Å². The molecule has 1 rings (SSSR count). The minimum absolute atomic E-state index is 0.0112. The maximum absolute atomic E-state index is 13.9. The average Bonchev–Trinajstić information content (AvgIpc) is 2.34. The first kappa shape index (κ1) is 15.0. The summed E-state index contributed by atoms with van der Waals surface area (Å²) >= 11 is 0. The van der Waals surface area contributed by atoms with Crippen molar-refractivity contribution in [2.24, 2.45) is 11.8 Å². The van der Waals surface area contributed by atoms with Gasteiger partial charge in [-0.15, -0.1) is 0 Å². The molecule has 0 fully saturated rings. The summed E-state index contributed by atoms with van der Waals surface area (Å²) in [5.74, 6) is 1.55. The van der Waals surface area contributed by atoms with Crippen molar-refractivity contribution >= 4 is 0 Å². The lowest BCUT2D eigenvalue weighted by molar-refractivity contribution is 0.371. The van der Waals surface area contributed by atoms with E-state index in [9.17, 15) is 4.39 Å². The van der Waals surface area contributed by atoms with Crippen LogP contribution in [0.25, 0.3) is 0 Å². The molecule has 0 aromatic heterocycles. The molecule has 0 heterocycles. The van der Waals surface area contributed by atoms with E-state index in [1.54, 1.807) is 19.2 Å². The normalized spacial score (nSPS) is 14.6. The lowest BCUT2D eigenvalue weighted by atomic mass is 9.97. The molecule has 102 valence electrons. The summed E-state index contributed by atoms with van der Waals surface area (Å²) in [6.07, 6.45) is 0. The maximum Gasteiger partial charge on any atom is 0.131 e. The first-order valence-corrected chi connectivity index (χ1v) is 6.52. The van der Waals surface area contributed by atoms with Gasteiger partial charge < -0.3 is 10.1 Å². The molecule has 1 aromatic carbocycles. The van der Waals surface area contributed by atoms with Crippen molar-refractivity contribution in [2.75, 3.05) is 13.7 Å². The summed E-state index contributed by atoms with van der Waals surface area (Å²) in [5.41, 5.74) is 0.687. The molecule has 1 aromatic rings. The number of rotatable bonds is 6. The molecule has 0 saturated carbocycles. The Labute approximate surface area is 110 Å². The highest BCUT2D eigenvalue weighted by Gasteiger charge is 2.13. The van der Waals surface area contributed by atoms with Gasteiger partial charge in [-0.2, -0.15) is 0 Å². The minimum Gasteiger partial charge on any atom is -0.497 e. The van der Waals surface area contributed by atoms with Crippen LogP contribution in [0.4, 0.5) is 4.39 Å². The standard InChI is InChI=1S/C15H24FNO/c1-10(2)11(3)9-17-12(4)14-7-6-13(18-5)8-15(14)16/h6-8,10-12,17H,9H2,1-5H3. The van der Waals surface area contributed by atoms with Crippen LogP contribution < -0.4 is 10.1 Å². The van der Waals surface area contributed by atoms with E-state index in [4.69, 9.17) is 4.74 Å². The van der Waals surface area contributed by atoms with E-state index in [0.717, 1.165) is 6.54 Å². The van der Waals surface area contributed by atoms with Gasteiger partial charge in [-0.3, -0.25) is 0 Å². The van der Waals surface area contributed by atoms with Gasteiger partial charge in [0.15, 0.2) is 0 Å². The van der Waals surface area contributed by atoms with Crippen LogP contribution in [0.3, 0.4) is 0 Å². The quantitative estimate of drug-likeness (QED) is 0.833. The van der Waals surface area contributed by atoms with Gasteiger partial charge in [0.05, 0.1) is 7.11 Å². The van der Waals surface area contributed by atoms with Gasteiger partial charge in [-0.1, -0.05) is 26.8 Å². The van der Waals surface area contributed by atoms with Gasteiger partial charge in [0.2, 0.25) is 0 Å². The molecule has 0 aliphatic carbocycles. The van der Waals surface area contributed by atoms with Crippen molar-refractivity contribution in [3.63, 3.8) is 0 Å². The summed E-state index contributed by atoms with van der Waals surface area (Å²) in [6.45, 7) is 9.48. The number of hydrogen-bond acceptors (Lipinski definition) is 2. The summed E-state index contributed by atoms with van der Waals surface area (Å²) in [5, 5.41) is 3.38. The second kappa shape index (κ2) is 6.74. The van der Waals surface area contributed by atoms with Crippen LogP contribution in [0.2, 0.25) is 0 Å². The van der Waals surface area contributed by atoms with Gasteiger partial charge in [-0.25, -0.2) is 4.39 Å². The number of halogens is 1. The highest BCUT2D eigenvalue weighted by atomic mass is 19.1. The Bertz CT molecular complexity index is 379. The van der Waals surface area contributed by atoms with E-state index in [1.807, 2.05) is 6.92 Å². The third kappa shape index (κ3) is 3.98. The third-order valence-electron chi connectivity index (χ3n) is 3.56. The number of methoxy groups -OCH3 is 1. The lowest BCUT2D eigenvalue weighted by Gasteiger charge is -2.21. The Hall–Kier alpha value is -1.09. The van der Waals surface area contributed by atoms with Crippen LogP contribution >= 0.6 is 0 Å². The molecule has 18 heavy (non-hydrogen) atoms. The van der Waals surface area contributed by atoms with E-state index in [0.29, 0.717) is 23.1 Å². The molecule has 0 amide bonds. The zero-order valence-corrected chi connectivity index (χ0v) is 12.0. The van der Waals surface area contributed by atoms with Crippen LogP contribution in [0.15, 0.2) is 18.2 Å². The monoisotopic (exact) mass is 253 g/mol. The van der Waals surface area contributed by atoms with Crippen LogP contribution in [0, 0.1) is 17.7 Å². The molecule has 0 aliphatic rings. The Kier molecular flexibility index (Phi) is 5.60. The summed E-state index contributed by atoms with van der Waals surface area (Å²) in [6, 6.07) is 5.02. The second-order valence-electron chi connectivity index (χ2n) is 5.24. The smallest absolute Gasteiger partial charge is 0.131 e. The molecule has 2 nitrogen and oxygen atoms in total. The van der Waals surface area contributed by atoms with Crippen molar-refractivity contribution in [1.29, 1.82) is 0 Å². The van der Waals surface area contributed by atoms with Gasteiger partial charge in [0.1, 0.15) is 11.6 Å². The Balaban J connectivity index is 2.64. The van der Waals surface area contributed by atoms with Crippen molar-refractivity contribution in [3.05, 3.63) is 29.6 Å². The molecule has 0 radical (unpaired) electrons. The summed E-state index contributed by atoms with van der Waals surface area (Å²) in [7, 11) is 1.54. The molecule has 3 heteroatoms. The maximum atomic E-state index is 13.9. The summed E-state index contributed by atoms with van der Waals surface area (Å²) in [4.78, 5) is 0. The van der Waals surface area contributed by atoms with Gasteiger partial charge >= 0.3 is 0 Å². The number of benzene rings is 1. The zero-order chi connectivity index (χ0) is 13.7. The highest BCUT2D eigenvalue weighted by molar-refractivity contribution is 5.30. The SMILES string of the molecule is COc1ccc(C(C)NCC(C)C(C)C)c(F)c1. The predicted octanol–water partition coefficient (Wildman–Crippen LogP) is 3.78. The minimum atomic E-state index is -0.216. The fourth-order valence-electron chi connectivity index (χ4n) is 1.69. The summed E-state index contributed by atoms with van der Waals surface area (Å²) < 4.78 is 18.8. The van der Waals surface area contributed by atoms with E-state index in [1.165, 1.54) is 6.07 Å². The Morgan fingerprint density at radius 3 is 2.39 bits per heavy atom. The average molecular weight is 253 g/mol. The molecule has 0 aliphatic heterocycles. The first-order valence-electron chi connectivity index (χ1n) is 6.52. The third-order valence-corrected chi connectivity index (χ3v) is 3.56. The van der Waals surface area contributed by atoms with Crippen LogP contribution in [0.1, 0.15) is 39.3 Å². The van der Waals surface area contributed by atoms with Crippen LogP contribution in [-0.4, -0.2) is 13.7 Å². The van der Waals surface area contributed by atoms with Crippen molar-refractivity contribution in [1.82, 2.24) is 5.32 Å². The number of ether oxygens (including phenoxy) is 1. The largest absolute Gasteiger partial charge is 0.497 e. The molecular formula is C15H24FNO. The molecule has 0 spiro atoms. The Morgan fingerprint density at radius 1 is 1.22 bits per heavy atom. The molecule has 0 saturated heterocycles. The molecule has 1 N–H and O–H groups in total. The van der Waals surface area contributed by atoms with Crippen LogP contribution in [0.5, 0.6) is 5.75 Å². The van der Waals surface area contributed by atoms with Crippen molar-refractivity contribution in [3.8, 4) is 5.75 Å². The Morgan fingerprint density at radius 2 is 1.89 bits per heavy atom. The van der Waals surface area contributed by atoms with E-state index in [-0.39, 0.29) is 11.9 Å². The van der Waals surface area contributed by atoms with E-state index < -0.39 is 0 Å². The molecule has 2 atom stereocenters. The van der Waals surface area contributed by atoms with E-state index in [2.05, 4.69) is 26.1 Å². The number of hydrogen-bond donors (Lipinski definition) is 1. The highest BCUT2D eigenvalue weighted by Crippen LogP contribution is 2.22. The molecule has 0 bridgehead atoms. The predicted molar refractivity (Wildman–Crippen MR) is 73.4 cm³/mol. The lowest BCUT2D eigenvalue weighted by Crippen LogP contribution is -2.27. The van der Waals surface area contributed by atoms with Crippen molar-refractivity contribution < 1.29 is 9.13 Å². The first-order chi connectivity index (χ1) is 8.45. The number of nitrogens with one attached hydrogen (secondary N) is 1. The van der Waals surface area contributed by atoms with Crippen LogP contribution in [-0.2, 0) is 0 Å². The molecular weight excluding hydrogens is 229 g/mol. The topological polar surface area (TPSA) is 21.3 Å². The van der Waals surface area contributed by atoms with Gasteiger partial charge in [0, 0.05) is 17.7 Å². The molecule has 2 unspecified atom stereocenters. The zero-order valence-electron chi connectivity index (χ0n) is 12.0. The van der Waals surface area contributed by atoms with Gasteiger partial charge in [0.25, 0.3) is 0 Å².